The van der Waals surface area contributed by atoms with Gasteiger partial charge in [-0.2, -0.15) is 0 Å². The van der Waals surface area contributed by atoms with Crippen molar-refractivity contribution in [1.82, 2.24) is 0 Å². The predicted octanol–water partition coefficient (Wildman–Crippen LogP) is 6.67. The Kier molecular flexibility index (Phi) is 4.90. The summed E-state index contributed by atoms with van der Waals surface area (Å²) in [6.07, 6.45) is 5.71. The lowest BCUT2D eigenvalue weighted by atomic mass is 9.77. The molecule has 2 aromatic carbocycles. The third kappa shape index (κ3) is 2.90. The Bertz CT molecular complexity index is 825. The summed E-state index contributed by atoms with van der Waals surface area (Å²) < 4.78 is 0. The molecule has 0 aromatic heterocycles. The predicted molar refractivity (Wildman–Crippen MR) is 113 cm³/mol. The summed E-state index contributed by atoms with van der Waals surface area (Å²) in [4.78, 5) is 2.37. The van der Waals surface area contributed by atoms with Gasteiger partial charge in [-0.05, 0) is 55.5 Å². The molecule has 0 radical (unpaired) electrons. The second-order valence-electron chi connectivity index (χ2n) is 7.06. The van der Waals surface area contributed by atoms with Crippen molar-refractivity contribution in [3.63, 3.8) is 0 Å². The monoisotopic (exact) mass is 386 g/mol. The molecule has 0 amide bonds. The van der Waals surface area contributed by atoms with E-state index in [1.807, 2.05) is 6.07 Å². The van der Waals surface area contributed by atoms with Crippen LogP contribution in [0.3, 0.4) is 0 Å². The van der Waals surface area contributed by atoms with Crippen molar-refractivity contribution in [3.8, 4) is 0 Å². The molecule has 3 unspecified atom stereocenters. The summed E-state index contributed by atoms with van der Waals surface area (Å²) in [6.45, 7) is 6.43. The van der Waals surface area contributed by atoms with Crippen LogP contribution in [0.25, 0.3) is 0 Å². The fraction of sp³-hybridized carbons (Fsp3) is 0.364. The van der Waals surface area contributed by atoms with Crippen molar-refractivity contribution in [2.75, 3.05) is 23.3 Å². The van der Waals surface area contributed by atoms with Crippen LogP contribution in [0.4, 0.5) is 11.4 Å². The molecule has 1 aliphatic carbocycles. The number of allylic oxidation sites excluding steroid dienone is 2. The average Bonchev–Trinajstić information content (AvgIpc) is 3.16. The number of fused-ring (bicyclic) bond motifs is 3. The third-order valence-electron chi connectivity index (χ3n) is 5.81. The lowest BCUT2D eigenvalue weighted by Gasteiger charge is -2.38. The fourth-order valence-electron chi connectivity index (χ4n) is 4.41. The molecule has 0 fully saturated rings. The number of anilines is 2. The van der Waals surface area contributed by atoms with Crippen LogP contribution >= 0.6 is 23.2 Å². The summed E-state index contributed by atoms with van der Waals surface area (Å²) in [5.41, 5.74) is 4.83. The van der Waals surface area contributed by atoms with E-state index in [0.29, 0.717) is 21.9 Å². The second kappa shape index (κ2) is 7.17. The van der Waals surface area contributed by atoms with E-state index in [4.69, 9.17) is 23.2 Å². The van der Waals surface area contributed by atoms with Gasteiger partial charge < -0.3 is 10.2 Å². The first-order valence-corrected chi connectivity index (χ1v) is 10.2. The molecular weight excluding hydrogens is 363 g/mol. The molecule has 26 heavy (non-hydrogen) atoms. The minimum Gasteiger partial charge on any atom is -0.376 e. The van der Waals surface area contributed by atoms with Gasteiger partial charge in [-0.3, -0.25) is 0 Å². The van der Waals surface area contributed by atoms with E-state index >= 15 is 0 Å². The van der Waals surface area contributed by atoms with Crippen LogP contribution in [0.1, 0.15) is 43.4 Å². The molecule has 3 atom stereocenters. The van der Waals surface area contributed by atoms with Crippen molar-refractivity contribution < 1.29 is 0 Å². The summed E-state index contributed by atoms with van der Waals surface area (Å²) >= 11 is 12.8. The highest BCUT2D eigenvalue weighted by molar-refractivity contribution is 6.43. The van der Waals surface area contributed by atoms with Crippen molar-refractivity contribution in [2.45, 2.75) is 32.2 Å². The lowest BCUT2D eigenvalue weighted by Crippen LogP contribution is -2.29. The molecule has 4 rings (SSSR count). The highest BCUT2D eigenvalue weighted by Crippen LogP contribution is 2.52. The molecule has 0 bridgehead atoms. The maximum atomic E-state index is 6.53. The Morgan fingerprint density at radius 3 is 2.46 bits per heavy atom. The zero-order chi connectivity index (χ0) is 18.3. The van der Waals surface area contributed by atoms with Gasteiger partial charge in [0, 0.05) is 24.7 Å². The Hall–Kier alpha value is -1.64. The van der Waals surface area contributed by atoms with Gasteiger partial charge in [0.2, 0.25) is 0 Å². The van der Waals surface area contributed by atoms with Gasteiger partial charge in [0.05, 0.1) is 21.8 Å². The van der Waals surface area contributed by atoms with Gasteiger partial charge in [-0.25, -0.2) is 0 Å². The molecule has 2 nitrogen and oxygen atoms in total. The molecule has 1 N–H and O–H groups in total. The largest absolute Gasteiger partial charge is 0.376 e. The summed E-state index contributed by atoms with van der Waals surface area (Å²) in [5.74, 6) is 0.910. The smallest absolute Gasteiger partial charge is 0.0826 e. The van der Waals surface area contributed by atoms with Gasteiger partial charge in [0.1, 0.15) is 0 Å². The number of halogens is 2. The van der Waals surface area contributed by atoms with E-state index in [2.05, 4.69) is 66.5 Å². The van der Waals surface area contributed by atoms with Gasteiger partial charge in [-0.1, -0.05) is 53.6 Å². The molecule has 1 aliphatic heterocycles. The normalized spacial score (nSPS) is 23.3. The molecule has 2 aliphatic rings. The number of hydrogen-bond donors (Lipinski definition) is 1. The van der Waals surface area contributed by atoms with Crippen LogP contribution in [0, 0.1) is 5.92 Å². The topological polar surface area (TPSA) is 15.3 Å². The van der Waals surface area contributed by atoms with Gasteiger partial charge in [0.25, 0.3) is 0 Å². The lowest BCUT2D eigenvalue weighted by molar-refractivity contribution is 0.425. The molecule has 0 saturated carbocycles. The molecule has 0 spiro atoms. The fourth-order valence-corrected chi connectivity index (χ4v) is 4.80. The maximum Gasteiger partial charge on any atom is 0.0826 e. The zero-order valence-corrected chi connectivity index (χ0v) is 16.7. The first kappa shape index (κ1) is 17.8. The standard InChI is InChI=1S/C22H24Cl2N2/c1-3-26(4-2)15-10-8-14(9-11-15)21-17-7-5-6-16(17)18-12-13-19(23)20(24)22(18)25-21/h5-6,8-13,16-17,21,25H,3-4,7H2,1-2H3. The molecule has 0 saturated heterocycles. The van der Waals surface area contributed by atoms with Crippen LogP contribution in [-0.4, -0.2) is 13.1 Å². The Morgan fingerprint density at radius 1 is 1.04 bits per heavy atom. The summed E-state index contributed by atoms with van der Waals surface area (Å²) in [5, 5.41) is 4.94. The number of nitrogens with one attached hydrogen (secondary N) is 1. The highest BCUT2D eigenvalue weighted by atomic mass is 35.5. The Balaban J connectivity index is 1.70. The van der Waals surface area contributed by atoms with Gasteiger partial charge >= 0.3 is 0 Å². The van der Waals surface area contributed by atoms with Crippen LogP contribution < -0.4 is 10.2 Å². The maximum absolute atomic E-state index is 6.53. The van der Waals surface area contributed by atoms with Crippen molar-refractivity contribution in [3.05, 3.63) is 69.7 Å². The second-order valence-corrected chi connectivity index (χ2v) is 7.85. The highest BCUT2D eigenvalue weighted by Gasteiger charge is 2.38. The van der Waals surface area contributed by atoms with Crippen molar-refractivity contribution in [2.24, 2.45) is 5.92 Å². The number of rotatable bonds is 4. The van der Waals surface area contributed by atoms with Gasteiger partial charge in [-0.15, -0.1) is 0 Å². The van der Waals surface area contributed by atoms with E-state index in [1.165, 1.54) is 16.8 Å². The van der Waals surface area contributed by atoms with Crippen molar-refractivity contribution in [1.29, 1.82) is 0 Å². The number of nitrogens with zero attached hydrogens (tertiary/aromatic N) is 1. The minimum absolute atomic E-state index is 0.240. The van der Waals surface area contributed by atoms with E-state index in [9.17, 15) is 0 Å². The van der Waals surface area contributed by atoms with E-state index in [0.717, 1.165) is 25.2 Å². The van der Waals surface area contributed by atoms with Crippen LogP contribution in [0.15, 0.2) is 48.6 Å². The molecule has 2 aromatic rings. The van der Waals surface area contributed by atoms with Crippen molar-refractivity contribution >= 4 is 34.6 Å². The quantitative estimate of drug-likeness (QED) is 0.590. The van der Waals surface area contributed by atoms with Gasteiger partial charge in [0.15, 0.2) is 0 Å². The summed E-state index contributed by atoms with van der Waals surface area (Å²) in [6, 6.07) is 13.2. The SMILES string of the molecule is CCN(CC)c1ccc(C2Nc3c(ccc(Cl)c3Cl)C3C=CCC32)cc1. The van der Waals surface area contributed by atoms with Crippen LogP contribution in [0.2, 0.25) is 10.0 Å². The molecule has 1 heterocycles. The third-order valence-corrected chi connectivity index (χ3v) is 6.61. The zero-order valence-electron chi connectivity index (χ0n) is 15.2. The van der Waals surface area contributed by atoms with E-state index in [1.54, 1.807) is 0 Å². The molecule has 136 valence electrons. The minimum atomic E-state index is 0.240. The van der Waals surface area contributed by atoms with E-state index in [-0.39, 0.29) is 6.04 Å². The van der Waals surface area contributed by atoms with E-state index < -0.39 is 0 Å². The van der Waals surface area contributed by atoms with Crippen LogP contribution in [0.5, 0.6) is 0 Å². The Morgan fingerprint density at radius 2 is 1.77 bits per heavy atom. The average molecular weight is 387 g/mol. The Labute approximate surface area is 165 Å². The number of benzene rings is 2. The van der Waals surface area contributed by atoms with Crippen LogP contribution in [-0.2, 0) is 0 Å². The molecular formula is C22H24Cl2N2. The first-order chi connectivity index (χ1) is 12.6. The number of hydrogen-bond acceptors (Lipinski definition) is 2. The summed E-state index contributed by atoms with van der Waals surface area (Å²) in [7, 11) is 0. The molecule has 4 heteroatoms. The first-order valence-electron chi connectivity index (χ1n) is 9.40.